The van der Waals surface area contributed by atoms with Crippen molar-refractivity contribution in [1.82, 2.24) is 4.98 Å². The third kappa shape index (κ3) is 4.79. The fraction of sp³-hybridized carbons (Fsp3) is 0.200. The zero-order valence-corrected chi connectivity index (χ0v) is 13.5. The Bertz CT molecular complexity index is 659. The predicted molar refractivity (Wildman–Crippen MR) is 91.1 cm³/mol. The van der Waals surface area contributed by atoms with Gasteiger partial charge >= 0.3 is 0 Å². The molecule has 5 nitrogen and oxygen atoms in total. The first-order chi connectivity index (χ1) is 10.6. The van der Waals surface area contributed by atoms with E-state index in [1.165, 1.54) is 0 Å². The largest absolute Gasteiger partial charge is 0.495 e. The van der Waals surface area contributed by atoms with Gasteiger partial charge in [-0.3, -0.25) is 4.99 Å². The van der Waals surface area contributed by atoms with Gasteiger partial charge in [0.25, 0.3) is 0 Å². The van der Waals surface area contributed by atoms with Crippen LogP contribution < -0.4 is 15.8 Å². The molecular weight excluding hydrogens is 323 g/mol. The molecule has 0 fully saturated rings. The molecule has 7 heteroatoms. The average molecular weight is 339 g/mol. The van der Waals surface area contributed by atoms with Gasteiger partial charge in [0.2, 0.25) is 0 Å². The molecule has 0 aliphatic carbocycles. The van der Waals surface area contributed by atoms with Crippen molar-refractivity contribution in [2.75, 3.05) is 19.0 Å². The number of nitrogens with one attached hydrogen (secondary N) is 1. The molecule has 0 spiro atoms. The topological polar surface area (TPSA) is 72.5 Å². The van der Waals surface area contributed by atoms with Crippen LogP contribution in [0.25, 0.3) is 0 Å². The van der Waals surface area contributed by atoms with Crippen LogP contribution in [-0.4, -0.2) is 24.6 Å². The van der Waals surface area contributed by atoms with Crippen LogP contribution in [0, 0.1) is 0 Å². The Morgan fingerprint density at radius 3 is 2.77 bits per heavy atom. The monoisotopic (exact) mass is 338 g/mol. The molecule has 0 aliphatic rings. The zero-order valence-electron chi connectivity index (χ0n) is 12.0. The Morgan fingerprint density at radius 1 is 1.32 bits per heavy atom. The van der Waals surface area contributed by atoms with Gasteiger partial charge in [0, 0.05) is 18.4 Å². The molecule has 1 aromatic carbocycles. The van der Waals surface area contributed by atoms with Crippen LogP contribution in [0.1, 0.15) is 5.56 Å². The van der Waals surface area contributed by atoms with E-state index >= 15 is 0 Å². The number of hydrogen-bond donors (Lipinski definition) is 2. The number of guanidine groups is 1. The SMILES string of the molecule is COc1ccc(NC(N)=NCCc2ccc(Cl)nc2)cc1Cl. The standard InChI is InChI=1S/C15H16Cl2N4O/c1-22-13-4-3-11(8-12(13)16)21-15(18)19-7-6-10-2-5-14(17)20-9-10/h2-5,8-9H,6-7H2,1H3,(H3,18,19,21). The van der Waals surface area contributed by atoms with E-state index in [0.29, 0.717) is 28.4 Å². The van der Waals surface area contributed by atoms with E-state index in [-0.39, 0.29) is 0 Å². The first-order valence-electron chi connectivity index (χ1n) is 6.59. The lowest BCUT2D eigenvalue weighted by atomic mass is 10.2. The van der Waals surface area contributed by atoms with Crippen LogP contribution in [0.4, 0.5) is 5.69 Å². The van der Waals surface area contributed by atoms with Crippen molar-refractivity contribution < 1.29 is 4.74 Å². The maximum atomic E-state index is 6.05. The summed E-state index contributed by atoms with van der Waals surface area (Å²) < 4.78 is 5.09. The summed E-state index contributed by atoms with van der Waals surface area (Å²) in [5.74, 6) is 0.932. The van der Waals surface area contributed by atoms with Gasteiger partial charge in [0.1, 0.15) is 10.9 Å². The fourth-order valence-electron chi connectivity index (χ4n) is 1.79. The lowest BCUT2D eigenvalue weighted by Gasteiger charge is -2.08. The molecular formula is C15H16Cl2N4O. The molecule has 0 radical (unpaired) electrons. The highest BCUT2D eigenvalue weighted by atomic mass is 35.5. The van der Waals surface area contributed by atoms with E-state index in [2.05, 4.69) is 15.3 Å². The number of anilines is 1. The molecule has 0 unspecified atom stereocenters. The third-order valence-electron chi connectivity index (χ3n) is 2.90. The maximum Gasteiger partial charge on any atom is 0.193 e. The van der Waals surface area contributed by atoms with Crippen LogP contribution in [0.5, 0.6) is 5.75 Å². The predicted octanol–water partition coefficient (Wildman–Crippen LogP) is 3.37. The molecule has 0 saturated heterocycles. The van der Waals surface area contributed by atoms with Crippen molar-refractivity contribution in [3.05, 3.63) is 52.3 Å². The highest BCUT2D eigenvalue weighted by Crippen LogP contribution is 2.26. The van der Waals surface area contributed by atoms with Crippen molar-refractivity contribution in [3.8, 4) is 5.75 Å². The van der Waals surface area contributed by atoms with E-state index < -0.39 is 0 Å². The molecule has 3 N–H and O–H groups in total. The smallest absolute Gasteiger partial charge is 0.193 e. The summed E-state index contributed by atoms with van der Waals surface area (Å²) in [5, 5.41) is 3.96. The van der Waals surface area contributed by atoms with Crippen molar-refractivity contribution in [2.45, 2.75) is 6.42 Å². The van der Waals surface area contributed by atoms with Crippen molar-refractivity contribution >= 4 is 34.8 Å². The van der Waals surface area contributed by atoms with Gasteiger partial charge in [-0.1, -0.05) is 29.3 Å². The molecule has 0 saturated carbocycles. The fourth-order valence-corrected chi connectivity index (χ4v) is 2.16. The number of aliphatic imine (C=N–C) groups is 1. The molecule has 116 valence electrons. The normalized spacial score (nSPS) is 11.3. The van der Waals surface area contributed by atoms with Crippen molar-refractivity contribution in [2.24, 2.45) is 10.7 Å². The summed E-state index contributed by atoms with van der Waals surface area (Å²) in [7, 11) is 1.57. The molecule has 2 aromatic rings. The Hall–Kier alpha value is -1.98. The highest BCUT2D eigenvalue weighted by Gasteiger charge is 2.02. The second-order valence-electron chi connectivity index (χ2n) is 4.48. The Morgan fingerprint density at radius 2 is 2.14 bits per heavy atom. The summed E-state index contributed by atoms with van der Waals surface area (Å²) in [6.07, 6.45) is 2.46. The second kappa shape index (κ2) is 7.87. The minimum Gasteiger partial charge on any atom is -0.495 e. The van der Waals surface area contributed by atoms with Crippen molar-refractivity contribution in [1.29, 1.82) is 0 Å². The molecule has 0 aliphatic heterocycles. The average Bonchev–Trinajstić information content (AvgIpc) is 2.49. The molecule has 0 atom stereocenters. The Kier molecular flexibility index (Phi) is 5.86. The number of halogens is 2. The van der Waals surface area contributed by atoms with Gasteiger partial charge < -0.3 is 15.8 Å². The molecule has 0 bridgehead atoms. The first kappa shape index (κ1) is 16.4. The summed E-state index contributed by atoms with van der Waals surface area (Å²) in [6, 6.07) is 8.97. The van der Waals surface area contributed by atoms with Crippen LogP contribution >= 0.6 is 23.2 Å². The number of nitrogens with two attached hydrogens (primary N) is 1. The van der Waals surface area contributed by atoms with Crippen LogP contribution in [0.15, 0.2) is 41.5 Å². The lowest BCUT2D eigenvalue weighted by Crippen LogP contribution is -2.23. The number of aromatic nitrogens is 1. The Labute approximate surface area is 139 Å². The van der Waals surface area contributed by atoms with Crippen LogP contribution in [0.2, 0.25) is 10.2 Å². The molecule has 0 amide bonds. The number of nitrogens with zero attached hydrogens (tertiary/aromatic N) is 2. The van der Waals surface area contributed by atoms with Gasteiger partial charge in [-0.25, -0.2) is 4.98 Å². The maximum absolute atomic E-state index is 6.05. The van der Waals surface area contributed by atoms with E-state index in [4.69, 9.17) is 33.7 Å². The van der Waals surface area contributed by atoms with E-state index in [9.17, 15) is 0 Å². The van der Waals surface area contributed by atoms with Gasteiger partial charge in [-0.15, -0.1) is 0 Å². The molecule has 22 heavy (non-hydrogen) atoms. The third-order valence-corrected chi connectivity index (χ3v) is 3.41. The van der Waals surface area contributed by atoms with E-state index in [0.717, 1.165) is 17.7 Å². The lowest BCUT2D eigenvalue weighted by molar-refractivity contribution is 0.415. The number of rotatable bonds is 5. The van der Waals surface area contributed by atoms with Gasteiger partial charge in [-0.05, 0) is 36.2 Å². The second-order valence-corrected chi connectivity index (χ2v) is 5.27. The number of hydrogen-bond acceptors (Lipinski definition) is 3. The molecule has 1 aromatic heterocycles. The summed E-state index contributed by atoms with van der Waals surface area (Å²) in [5.41, 5.74) is 7.64. The summed E-state index contributed by atoms with van der Waals surface area (Å²) >= 11 is 11.8. The number of benzene rings is 1. The summed E-state index contributed by atoms with van der Waals surface area (Å²) in [6.45, 7) is 0.548. The number of methoxy groups -OCH3 is 1. The minimum absolute atomic E-state index is 0.322. The molecule has 2 rings (SSSR count). The highest BCUT2D eigenvalue weighted by molar-refractivity contribution is 6.32. The number of ether oxygens (including phenoxy) is 1. The van der Waals surface area contributed by atoms with E-state index in [1.807, 2.05) is 12.1 Å². The van der Waals surface area contributed by atoms with E-state index in [1.54, 1.807) is 31.5 Å². The first-order valence-corrected chi connectivity index (χ1v) is 7.35. The van der Waals surface area contributed by atoms with Crippen molar-refractivity contribution in [3.63, 3.8) is 0 Å². The minimum atomic E-state index is 0.322. The quantitative estimate of drug-likeness (QED) is 0.498. The van der Waals surface area contributed by atoms with Gasteiger partial charge in [-0.2, -0.15) is 0 Å². The van der Waals surface area contributed by atoms with Crippen LogP contribution in [0.3, 0.4) is 0 Å². The number of pyridine rings is 1. The zero-order chi connectivity index (χ0) is 15.9. The van der Waals surface area contributed by atoms with Gasteiger partial charge in [0.05, 0.1) is 12.1 Å². The Balaban J connectivity index is 1.89. The molecule has 1 heterocycles. The van der Waals surface area contributed by atoms with Gasteiger partial charge in [0.15, 0.2) is 5.96 Å². The summed E-state index contributed by atoms with van der Waals surface area (Å²) in [4.78, 5) is 8.27. The van der Waals surface area contributed by atoms with Crippen LogP contribution in [-0.2, 0) is 6.42 Å².